The highest BCUT2D eigenvalue weighted by atomic mass is 16.5. The predicted molar refractivity (Wildman–Crippen MR) is 80.5 cm³/mol. The van der Waals surface area contributed by atoms with Gasteiger partial charge in [0.1, 0.15) is 6.73 Å². The average molecular weight is 279 g/mol. The maximum absolute atomic E-state index is 5.63. The molecule has 0 saturated heterocycles. The van der Waals surface area contributed by atoms with Crippen molar-refractivity contribution in [1.29, 1.82) is 0 Å². The Morgan fingerprint density at radius 1 is 0.857 bits per heavy atom. The second-order valence-electron chi connectivity index (χ2n) is 4.87. The second kappa shape index (κ2) is 6.81. The van der Waals surface area contributed by atoms with E-state index in [4.69, 9.17) is 4.74 Å². The van der Waals surface area contributed by atoms with E-state index in [2.05, 4.69) is 22.4 Å². The summed E-state index contributed by atoms with van der Waals surface area (Å²) in [4.78, 5) is 0. The maximum atomic E-state index is 5.63. The van der Waals surface area contributed by atoms with E-state index in [0.717, 1.165) is 17.7 Å². The minimum absolute atomic E-state index is 0.413. The van der Waals surface area contributed by atoms with Crippen LogP contribution in [0, 0.1) is 0 Å². The van der Waals surface area contributed by atoms with Crippen LogP contribution in [0.2, 0.25) is 0 Å². The molecule has 4 nitrogen and oxygen atoms in total. The molecule has 0 aliphatic heterocycles. The monoisotopic (exact) mass is 279 g/mol. The molecule has 0 bridgehead atoms. The fourth-order valence-electron chi connectivity index (χ4n) is 2.12. The fraction of sp³-hybridized carbons (Fsp3) is 0.176. The third kappa shape index (κ3) is 4.00. The van der Waals surface area contributed by atoms with E-state index >= 15 is 0 Å². The Hall–Kier alpha value is -2.46. The van der Waals surface area contributed by atoms with Crippen molar-refractivity contribution >= 4 is 0 Å². The summed E-state index contributed by atoms with van der Waals surface area (Å²) in [5, 5.41) is 8.26. The Morgan fingerprint density at radius 2 is 1.52 bits per heavy atom. The lowest BCUT2D eigenvalue weighted by Gasteiger charge is -2.03. The minimum atomic E-state index is 0.413. The quantitative estimate of drug-likeness (QED) is 0.696. The van der Waals surface area contributed by atoms with Crippen molar-refractivity contribution in [2.75, 3.05) is 0 Å². The molecule has 21 heavy (non-hydrogen) atoms. The van der Waals surface area contributed by atoms with Gasteiger partial charge in [-0.25, -0.2) is 4.68 Å². The number of hydrogen-bond acceptors (Lipinski definition) is 3. The highest BCUT2D eigenvalue weighted by molar-refractivity contribution is 5.19. The first kappa shape index (κ1) is 13.5. The van der Waals surface area contributed by atoms with E-state index in [1.54, 1.807) is 4.68 Å². The van der Waals surface area contributed by atoms with Gasteiger partial charge in [-0.15, -0.1) is 5.10 Å². The lowest BCUT2D eigenvalue weighted by Crippen LogP contribution is -2.03. The van der Waals surface area contributed by atoms with E-state index in [-0.39, 0.29) is 0 Å². The van der Waals surface area contributed by atoms with E-state index in [1.165, 1.54) is 5.56 Å². The summed E-state index contributed by atoms with van der Waals surface area (Å²) >= 11 is 0. The van der Waals surface area contributed by atoms with Crippen LogP contribution in [0.15, 0.2) is 66.9 Å². The largest absolute Gasteiger partial charge is 0.355 e. The first-order valence-corrected chi connectivity index (χ1v) is 6.95. The van der Waals surface area contributed by atoms with Gasteiger partial charge in [0.25, 0.3) is 0 Å². The lowest BCUT2D eigenvalue weighted by molar-refractivity contribution is 0.0549. The number of nitrogens with zero attached hydrogens (tertiary/aromatic N) is 3. The molecule has 1 aromatic heterocycles. The first-order valence-electron chi connectivity index (χ1n) is 6.95. The summed E-state index contributed by atoms with van der Waals surface area (Å²) < 4.78 is 7.35. The van der Waals surface area contributed by atoms with Crippen molar-refractivity contribution < 1.29 is 4.74 Å². The summed E-state index contributed by atoms with van der Waals surface area (Å²) in [6.07, 6.45) is 2.72. The van der Waals surface area contributed by atoms with Crippen LogP contribution >= 0.6 is 0 Å². The van der Waals surface area contributed by atoms with Crippen LogP contribution < -0.4 is 0 Å². The predicted octanol–water partition coefficient (Wildman–Crippen LogP) is 3.04. The van der Waals surface area contributed by atoms with E-state index in [9.17, 15) is 0 Å². The summed E-state index contributed by atoms with van der Waals surface area (Å²) in [5.41, 5.74) is 3.33. The lowest BCUT2D eigenvalue weighted by atomic mass is 10.1. The third-order valence-electron chi connectivity index (χ3n) is 3.15. The standard InChI is InChI=1S/C17H17N3O/c1-3-7-15(8-4-1)11-17-12-20(19-18-17)14-21-13-16-9-5-2-6-10-16/h1-10,12H,11,13-14H2. The zero-order chi connectivity index (χ0) is 14.3. The molecule has 1 heterocycles. The van der Waals surface area contributed by atoms with Gasteiger partial charge in [0.15, 0.2) is 0 Å². The second-order valence-corrected chi connectivity index (χ2v) is 4.87. The zero-order valence-electron chi connectivity index (χ0n) is 11.7. The molecular weight excluding hydrogens is 262 g/mol. The molecule has 2 aromatic carbocycles. The summed E-state index contributed by atoms with van der Waals surface area (Å²) in [6, 6.07) is 20.3. The molecule has 0 fully saturated rings. The van der Waals surface area contributed by atoms with Gasteiger partial charge >= 0.3 is 0 Å². The molecule has 0 radical (unpaired) electrons. The fourth-order valence-corrected chi connectivity index (χ4v) is 2.12. The molecule has 0 aliphatic rings. The van der Waals surface area contributed by atoms with Gasteiger partial charge < -0.3 is 4.74 Å². The number of benzene rings is 2. The Balaban J connectivity index is 1.51. The molecule has 0 atom stereocenters. The molecule has 0 saturated carbocycles. The van der Waals surface area contributed by atoms with Crippen molar-refractivity contribution in [2.24, 2.45) is 0 Å². The zero-order valence-corrected chi connectivity index (χ0v) is 11.7. The van der Waals surface area contributed by atoms with Crippen LogP contribution in [0.3, 0.4) is 0 Å². The van der Waals surface area contributed by atoms with Crippen LogP contribution in [0.5, 0.6) is 0 Å². The van der Waals surface area contributed by atoms with Gasteiger partial charge in [-0.3, -0.25) is 0 Å². The third-order valence-corrected chi connectivity index (χ3v) is 3.15. The van der Waals surface area contributed by atoms with Gasteiger partial charge in [0, 0.05) is 6.42 Å². The van der Waals surface area contributed by atoms with E-state index in [1.807, 2.05) is 54.7 Å². The molecule has 0 N–H and O–H groups in total. The van der Waals surface area contributed by atoms with Crippen molar-refractivity contribution in [3.05, 3.63) is 83.7 Å². The van der Waals surface area contributed by atoms with E-state index in [0.29, 0.717) is 13.3 Å². The van der Waals surface area contributed by atoms with Crippen LogP contribution in [-0.4, -0.2) is 15.0 Å². The van der Waals surface area contributed by atoms with Crippen molar-refractivity contribution in [2.45, 2.75) is 19.8 Å². The van der Waals surface area contributed by atoms with Crippen LogP contribution in [0.4, 0.5) is 0 Å². The Morgan fingerprint density at radius 3 is 2.24 bits per heavy atom. The summed E-state index contributed by atoms with van der Waals surface area (Å²) in [6.45, 7) is 0.991. The SMILES string of the molecule is c1ccc(COCn2cc(Cc3ccccc3)nn2)cc1. The summed E-state index contributed by atoms with van der Waals surface area (Å²) in [5.74, 6) is 0. The number of ether oxygens (including phenoxy) is 1. The molecule has 0 unspecified atom stereocenters. The maximum Gasteiger partial charge on any atom is 0.141 e. The molecule has 0 aliphatic carbocycles. The molecular formula is C17H17N3O. The van der Waals surface area contributed by atoms with Gasteiger partial charge in [-0.1, -0.05) is 65.9 Å². The van der Waals surface area contributed by atoms with E-state index < -0.39 is 0 Å². The highest BCUT2D eigenvalue weighted by Gasteiger charge is 2.02. The molecule has 0 amide bonds. The molecule has 0 spiro atoms. The highest BCUT2D eigenvalue weighted by Crippen LogP contribution is 2.06. The molecule has 106 valence electrons. The molecule has 3 aromatic rings. The molecule has 3 rings (SSSR count). The van der Waals surface area contributed by atoms with Crippen molar-refractivity contribution in [3.8, 4) is 0 Å². The Kier molecular flexibility index (Phi) is 4.39. The van der Waals surface area contributed by atoms with Crippen LogP contribution in [0.1, 0.15) is 16.8 Å². The minimum Gasteiger partial charge on any atom is -0.355 e. The number of hydrogen-bond donors (Lipinski definition) is 0. The molecule has 4 heteroatoms. The van der Waals surface area contributed by atoms with Gasteiger partial charge in [0.2, 0.25) is 0 Å². The normalized spacial score (nSPS) is 10.7. The Bertz CT molecular complexity index is 665. The number of rotatable bonds is 6. The summed E-state index contributed by atoms with van der Waals surface area (Å²) in [7, 11) is 0. The van der Waals surface area contributed by atoms with Gasteiger partial charge in [-0.05, 0) is 11.1 Å². The van der Waals surface area contributed by atoms with Gasteiger partial charge in [0.05, 0.1) is 18.5 Å². The van der Waals surface area contributed by atoms with Crippen LogP contribution in [0.25, 0.3) is 0 Å². The first-order chi connectivity index (χ1) is 10.4. The van der Waals surface area contributed by atoms with Crippen LogP contribution in [-0.2, 0) is 24.5 Å². The topological polar surface area (TPSA) is 39.9 Å². The van der Waals surface area contributed by atoms with Crippen molar-refractivity contribution in [1.82, 2.24) is 15.0 Å². The Labute approximate surface area is 124 Å². The van der Waals surface area contributed by atoms with Crippen molar-refractivity contribution in [3.63, 3.8) is 0 Å². The average Bonchev–Trinajstić information content (AvgIpc) is 2.97. The number of aromatic nitrogens is 3. The van der Waals surface area contributed by atoms with Gasteiger partial charge in [-0.2, -0.15) is 0 Å². The smallest absolute Gasteiger partial charge is 0.141 e.